The molecule has 3 rings (SSSR count). The molecule has 0 aromatic heterocycles. The second-order valence-electron chi connectivity index (χ2n) is 6.43. The summed E-state index contributed by atoms with van der Waals surface area (Å²) in [6, 6.07) is 21.0. The first-order chi connectivity index (χ1) is 12.9. The minimum absolute atomic E-state index is 0.405. The molecule has 0 unspecified atom stereocenters. The molecule has 0 saturated heterocycles. The Morgan fingerprint density at radius 3 is 1.81 bits per heavy atom. The number of hydrogen-bond donors (Lipinski definition) is 1. The summed E-state index contributed by atoms with van der Waals surface area (Å²) < 4.78 is 45.0. The van der Waals surface area contributed by atoms with Gasteiger partial charge in [0, 0.05) is 18.4 Å². The van der Waals surface area contributed by atoms with Gasteiger partial charge in [0.2, 0.25) is 0 Å². The molecule has 1 N–H and O–H groups in total. The summed E-state index contributed by atoms with van der Waals surface area (Å²) in [7, 11) is -6.00. The van der Waals surface area contributed by atoms with Gasteiger partial charge < -0.3 is 22.0 Å². The number of benzene rings is 2. The van der Waals surface area contributed by atoms with Crippen LogP contribution in [0.1, 0.15) is 36.8 Å². The third kappa shape index (κ3) is 9.94. The van der Waals surface area contributed by atoms with E-state index in [1.165, 1.54) is 16.8 Å². The van der Waals surface area contributed by atoms with E-state index in [0.717, 1.165) is 38.8 Å². The average Bonchev–Trinajstić information content (AvgIpc) is 2.66. The van der Waals surface area contributed by atoms with Gasteiger partial charge in [-0.1, -0.05) is 60.7 Å². The number of hydrogen-bond acceptors (Lipinski definition) is 1. The maximum Gasteiger partial charge on any atom is 0.673 e. The molecule has 0 atom stereocenters. The standard InChI is InChI=1S/C20H23NO.BF4/c1-3-7-17(8-4-1)15-21-19-11-13-20(14-12-19)22-16-18-9-5-2-6-10-18;2-1(3,4)5/h1-10,20H,11-16H2;/q;-1/p+1. The second kappa shape index (κ2) is 10.9. The lowest BCUT2D eigenvalue weighted by Gasteiger charge is -2.21. The predicted octanol–water partition coefficient (Wildman–Crippen LogP) is 4.17. The van der Waals surface area contributed by atoms with E-state index >= 15 is 0 Å². The molecule has 2 aromatic rings. The van der Waals surface area contributed by atoms with Gasteiger partial charge in [-0.05, 0) is 18.4 Å². The Labute approximate surface area is 157 Å². The zero-order valence-corrected chi connectivity index (χ0v) is 15.1. The molecule has 0 heterocycles. The lowest BCUT2D eigenvalue weighted by Crippen LogP contribution is -2.71. The Kier molecular flexibility index (Phi) is 8.52. The number of rotatable bonds is 5. The molecular formula is C20H24BF4NO. The van der Waals surface area contributed by atoms with Crippen molar-refractivity contribution in [3.8, 4) is 0 Å². The predicted molar refractivity (Wildman–Crippen MR) is 99.8 cm³/mol. The summed E-state index contributed by atoms with van der Waals surface area (Å²) >= 11 is 0. The molecule has 0 bridgehead atoms. The zero-order chi connectivity index (χ0) is 19.5. The maximum atomic E-state index is 9.75. The Morgan fingerprint density at radius 2 is 1.30 bits per heavy atom. The van der Waals surface area contributed by atoms with Crippen molar-refractivity contribution in [2.24, 2.45) is 0 Å². The molecule has 1 aliphatic carbocycles. The SMILES string of the molecule is F[B-](F)(F)F.c1ccc(C[NH+]=C2CCC(OCc3ccccc3)CC2)cc1. The summed E-state index contributed by atoms with van der Waals surface area (Å²) in [5, 5.41) is 0. The van der Waals surface area contributed by atoms with Crippen LogP contribution < -0.4 is 4.99 Å². The van der Waals surface area contributed by atoms with E-state index < -0.39 is 7.25 Å². The first-order valence-corrected chi connectivity index (χ1v) is 9.05. The Morgan fingerprint density at radius 1 is 0.815 bits per heavy atom. The molecule has 1 saturated carbocycles. The van der Waals surface area contributed by atoms with Crippen LogP contribution in [-0.4, -0.2) is 19.1 Å². The van der Waals surface area contributed by atoms with Gasteiger partial charge in [-0.3, -0.25) is 0 Å². The summed E-state index contributed by atoms with van der Waals surface area (Å²) in [6.45, 7) is 1.67. The highest BCUT2D eigenvalue weighted by molar-refractivity contribution is 6.50. The van der Waals surface area contributed by atoms with Gasteiger partial charge in [0.15, 0.2) is 12.3 Å². The van der Waals surface area contributed by atoms with Gasteiger partial charge in [-0.2, -0.15) is 0 Å². The van der Waals surface area contributed by atoms with E-state index in [4.69, 9.17) is 4.74 Å². The average molecular weight is 381 g/mol. The van der Waals surface area contributed by atoms with Crippen LogP contribution >= 0.6 is 0 Å². The summed E-state index contributed by atoms with van der Waals surface area (Å²) in [4.78, 5) is 3.59. The van der Waals surface area contributed by atoms with Crippen molar-refractivity contribution in [1.82, 2.24) is 0 Å². The molecule has 0 aliphatic heterocycles. The lowest BCUT2D eigenvalue weighted by molar-refractivity contribution is -0.478. The number of ether oxygens (including phenoxy) is 1. The summed E-state index contributed by atoms with van der Waals surface area (Å²) in [5.74, 6) is 0. The van der Waals surface area contributed by atoms with Gasteiger partial charge in [0.05, 0.1) is 12.7 Å². The maximum absolute atomic E-state index is 9.75. The minimum atomic E-state index is -6.00. The molecule has 7 heteroatoms. The Balaban J connectivity index is 0.000000465. The first kappa shape index (κ1) is 21.2. The van der Waals surface area contributed by atoms with Crippen molar-refractivity contribution in [2.75, 3.05) is 0 Å². The van der Waals surface area contributed by atoms with Gasteiger partial charge >= 0.3 is 7.25 Å². The van der Waals surface area contributed by atoms with Crippen LogP contribution in [0.4, 0.5) is 17.3 Å². The first-order valence-electron chi connectivity index (χ1n) is 9.05. The van der Waals surface area contributed by atoms with E-state index in [-0.39, 0.29) is 0 Å². The van der Waals surface area contributed by atoms with Crippen molar-refractivity contribution in [1.29, 1.82) is 0 Å². The van der Waals surface area contributed by atoms with E-state index in [0.29, 0.717) is 6.10 Å². The smallest absolute Gasteiger partial charge is 0.418 e. The fourth-order valence-electron chi connectivity index (χ4n) is 2.89. The van der Waals surface area contributed by atoms with Crippen LogP contribution in [0.25, 0.3) is 0 Å². The van der Waals surface area contributed by atoms with Crippen LogP contribution in [0.3, 0.4) is 0 Å². The van der Waals surface area contributed by atoms with Gasteiger partial charge in [0.1, 0.15) is 0 Å². The highest BCUT2D eigenvalue weighted by Gasteiger charge is 2.21. The fourth-order valence-corrected chi connectivity index (χ4v) is 2.89. The van der Waals surface area contributed by atoms with Gasteiger partial charge in [-0.25, -0.2) is 4.99 Å². The monoisotopic (exact) mass is 381 g/mol. The second-order valence-corrected chi connectivity index (χ2v) is 6.43. The molecule has 1 aliphatic rings. The topological polar surface area (TPSA) is 23.2 Å². The number of halogens is 4. The number of nitrogens with one attached hydrogen (secondary N) is 1. The molecular weight excluding hydrogens is 357 g/mol. The van der Waals surface area contributed by atoms with Crippen molar-refractivity contribution < 1.29 is 27.0 Å². The van der Waals surface area contributed by atoms with Gasteiger partial charge in [0.25, 0.3) is 0 Å². The van der Waals surface area contributed by atoms with E-state index in [2.05, 4.69) is 59.6 Å². The molecule has 1 fully saturated rings. The van der Waals surface area contributed by atoms with Crippen molar-refractivity contribution in [3.05, 3.63) is 71.8 Å². The molecule has 146 valence electrons. The molecule has 0 radical (unpaired) electrons. The summed E-state index contributed by atoms with van der Waals surface area (Å²) in [5.41, 5.74) is 4.08. The van der Waals surface area contributed by atoms with E-state index in [1.54, 1.807) is 0 Å². The fraction of sp³-hybridized carbons (Fsp3) is 0.350. The van der Waals surface area contributed by atoms with Crippen LogP contribution in [-0.2, 0) is 17.9 Å². The van der Waals surface area contributed by atoms with E-state index in [9.17, 15) is 17.3 Å². The zero-order valence-electron chi connectivity index (χ0n) is 15.1. The third-order valence-corrected chi connectivity index (χ3v) is 4.25. The van der Waals surface area contributed by atoms with E-state index in [1.807, 2.05) is 6.07 Å². The lowest BCUT2D eigenvalue weighted by atomic mass is 9.95. The third-order valence-electron chi connectivity index (χ3n) is 4.25. The van der Waals surface area contributed by atoms with Crippen LogP contribution in [0, 0.1) is 0 Å². The quantitative estimate of drug-likeness (QED) is 0.610. The summed E-state index contributed by atoms with van der Waals surface area (Å²) in [6.07, 6.45) is 4.93. The van der Waals surface area contributed by atoms with Crippen LogP contribution in [0.15, 0.2) is 60.7 Å². The molecule has 2 aromatic carbocycles. The minimum Gasteiger partial charge on any atom is -0.418 e. The van der Waals surface area contributed by atoms with Crippen LogP contribution in [0.5, 0.6) is 0 Å². The largest absolute Gasteiger partial charge is 0.673 e. The molecule has 27 heavy (non-hydrogen) atoms. The normalized spacial score (nSPS) is 17.0. The highest BCUT2D eigenvalue weighted by atomic mass is 19.5. The Hall–Kier alpha value is -2.15. The van der Waals surface area contributed by atoms with Crippen LogP contribution in [0.2, 0.25) is 0 Å². The van der Waals surface area contributed by atoms with Crippen molar-refractivity contribution in [2.45, 2.75) is 44.9 Å². The molecule has 0 amide bonds. The highest BCUT2D eigenvalue weighted by Crippen LogP contribution is 2.18. The van der Waals surface area contributed by atoms with Crippen molar-refractivity contribution >= 4 is 13.0 Å². The molecule has 0 spiro atoms. The van der Waals surface area contributed by atoms with Gasteiger partial charge in [-0.15, -0.1) is 0 Å². The molecule has 2 nitrogen and oxygen atoms in total. The Bertz CT molecular complexity index is 676. The van der Waals surface area contributed by atoms with Crippen molar-refractivity contribution in [3.63, 3.8) is 0 Å².